The van der Waals surface area contributed by atoms with Gasteiger partial charge in [0, 0.05) is 48.4 Å². The highest BCUT2D eigenvalue weighted by Gasteiger charge is 2.10. The fourth-order valence-electron chi connectivity index (χ4n) is 2.58. The molecule has 0 radical (unpaired) electrons. The maximum Gasteiger partial charge on any atom is 0.221 e. The van der Waals surface area contributed by atoms with E-state index < -0.39 is 0 Å². The van der Waals surface area contributed by atoms with Gasteiger partial charge in [0.2, 0.25) is 5.91 Å². The molecule has 0 aliphatic carbocycles. The van der Waals surface area contributed by atoms with Crippen LogP contribution in [0.2, 0.25) is 0 Å². The molecule has 1 amide bonds. The first-order chi connectivity index (χ1) is 12.5. The minimum Gasteiger partial charge on any atom is -0.366 e. The van der Waals surface area contributed by atoms with Gasteiger partial charge in [0.05, 0.1) is 0 Å². The van der Waals surface area contributed by atoms with Crippen LogP contribution in [0.1, 0.15) is 23.7 Å². The number of rotatable bonds is 5. The first kappa shape index (κ1) is 17.5. The fraction of sp³-hybridized carbons (Fsp3) is 0.200. The van der Waals surface area contributed by atoms with Crippen LogP contribution in [0.4, 0.5) is 11.5 Å². The topological polar surface area (TPSA) is 79.8 Å². The first-order valence-electron chi connectivity index (χ1n) is 8.39. The third-order valence-corrected chi connectivity index (χ3v) is 4.04. The molecular formula is C20H21N5O. The molecule has 2 N–H and O–H groups in total. The number of pyridine rings is 1. The van der Waals surface area contributed by atoms with E-state index in [0.717, 1.165) is 33.9 Å². The van der Waals surface area contributed by atoms with Crippen LogP contribution < -0.4 is 10.6 Å². The number of carbonyl (C=O) groups excluding carboxylic acids is 1. The first-order valence-corrected chi connectivity index (χ1v) is 8.39. The summed E-state index contributed by atoms with van der Waals surface area (Å²) in [4.78, 5) is 24.5. The van der Waals surface area contributed by atoms with Crippen LogP contribution in [0.5, 0.6) is 0 Å². The Labute approximate surface area is 152 Å². The second-order valence-electron chi connectivity index (χ2n) is 6.08. The van der Waals surface area contributed by atoms with Gasteiger partial charge in [-0.15, -0.1) is 0 Å². The summed E-state index contributed by atoms with van der Waals surface area (Å²) in [6.45, 7) is 6.07. The van der Waals surface area contributed by atoms with Crippen molar-refractivity contribution in [1.29, 1.82) is 0 Å². The third-order valence-electron chi connectivity index (χ3n) is 4.04. The predicted molar refractivity (Wildman–Crippen MR) is 103 cm³/mol. The van der Waals surface area contributed by atoms with Gasteiger partial charge in [0.25, 0.3) is 0 Å². The van der Waals surface area contributed by atoms with Crippen LogP contribution in [0, 0.1) is 13.8 Å². The van der Waals surface area contributed by atoms with E-state index in [-0.39, 0.29) is 5.91 Å². The van der Waals surface area contributed by atoms with E-state index in [0.29, 0.717) is 12.4 Å². The van der Waals surface area contributed by atoms with Gasteiger partial charge >= 0.3 is 0 Å². The van der Waals surface area contributed by atoms with Crippen LogP contribution in [-0.4, -0.2) is 20.9 Å². The SMILES string of the molecule is CC(=O)Nc1cccc(CNc2nc(-c3ccncc3)nc(C)c2C)c1. The van der Waals surface area contributed by atoms with E-state index in [9.17, 15) is 4.79 Å². The van der Waals surface area contributed by atoms with Crippen LogP contribution in [0.3, 0.4) is 0 Å². The normalized spacial score (nSPS) is 10.4. The molecule has 2 aromatic heterocycles. The van der Waals surface area contributed by atoms with Gasteiger partial charge in [-0.3, -0.25) is 9.78 Å². The highest BCUT2D eigenvalue weighted by molar-refractivity contribution is 5.88. The summed E-state index contributed by atoms with van der Waals surface area (Å²) >= 11 is 0. The predicted octanol–water partition coefficient (Wildman–Crippen LogP) is 3.73. The Balaban J connectivity index is 1.82. The Kier molecular flexibility index (Phi) is 5.22. The standard InChI is InChI=1S/C20H21N5O/c1-13-14(2)23-20(17-7-9-21-10-8-17)25-19(13)22-12-16-5-4-6-18(11-16)24-15(3)26/h4-11H,12H2,1-3H3,(H,24,26)(H,22,23,25). The number of nitrogens with one attached hydrogen (secondary N) is 2. The zero-order chi connectivity index (χ0) is 18.5. The zero-order valence-corrected chi connectivity index (χ0v) is 15.1. The lowest BCUT2D eigenvalue weighted by molar-refractivity contribution is -0.114. The minimum atomic E-state index is -0.0839. The van der Waals surface area contributed by atoms with Crippen LogP contribution in [0.25, 0.3) is 11.4 Å². The van der Waals surface area contributed by atoms with Crippen molar-refractivity contribution in [3.05, 3.63) is 65.6 Å². The lowest BCUT2D eigenvalue weighted by atomic mass is 10.1. The largest absolute Gasteiger partial charge is 0.366 e. The van der Waals surface area contributed by atoms with Crippen LogP contribution in [-0.2, 0) is 11.3 Å². The summed E-state index contributed by atoms with van der Waals surface area (Å²) in [5, 5.41) is 6.18. The molecule has 0 fully saturated rings. The molecule has 0 spiro atoms. The molecule has 3 rings (SSSR count). The van der Waals surface area contributed by atoms with Gasteiger partial charge in [-0.1, -0.05) is 12.1 Å². The lowest BCUT2D eigenvalue weighted by Crippen LogP contribution is -2.08. The number of aromatic nitrogens is 3. The average Bonchev–Trinajstić information content (AvgIpc) is 2.63. The number of hydrogen-bond acceptors (Lipinski definition) is 5. The highest BCUT2D eigenvalue weighted by Crippen LogP contribution is 2.22. The van der Waals surface area contributed by atoms with Crippen molar-refractivity contribution >= 4 is 17.4 Å². The van der Waals surface area contributed by atoms with Gasteiger partial charge in [0.1, 0.15) is 5.82 Å². The Morgan fingerprint density at radius 3 is 2.58 bits per heavy atom. The molecule has 2 heterocycles. The molecule has 0 atom stereocenters. The van der Waals surface area contributed by atoms with E-state index in [1.54, 1.807) is 12.4 Å². The number of aryl methyl sites for hydroxylation is 1. The number of carbonyl (C=O) groups is 1. The van der Waals surface area contributed by atoms with Crippen molar-refractivity contribution in [3.8, 4) is 11.4 Å². The summed E-state index contributed by atoms with van der Waals surface area (Å²) in [6, 6.07) is 11.5. The van der Waals surface area contributed by atoms with Gasteiger partial charge in [-0.05, 0) is 43.7 Å². The molecule has 132 valence electrons. The second-order valence-corrected chi connectivity index (χ2v) is 6.08. The number of amides is 1. The molecule has 0 saturated heterocycles. The van der Waals surface area contributed by atoms with E-state index >= 15 is 0 Å². The van der Waals surface area contributed by atoms with Crippen molar-refractivity contribution in [2.45, 2.75) is 27.3 Å². The average molecular weight is 347 g/mol. The molecule has 26 heavy (non-hydrogen) atoms. The maximum absolute atomic E-state index is 11.2. The zero-order valence-electron chi connectivity index (χ0n) is 15.1. The second kappa shape index (κ2) is 7.74. The van der Waals surface area contributed by atoms with E-state index in [2.05, 4.69) is 25.6 Å². The molecule has 0 aliphatic heterocycles. The lowest BCUT2D eigenvalue weighted by Gasteiger charge is -2.13. The van der Waals surface area contributed by atoms with Crippen molar-refractivity contribution in [2.75, 3.05) is 10.6 Å². The van der Waals surface area contributed by atoms with Crippen molar-refractivity contribution in [3.63, 3.8) is 0 Å². The smallest absolute Gasteiger partial charge is 0.221 e. The van der Waals surface area contributed by atoms with Gasteiger partial charge in [-0.25, -0.2) is 9.97 Å². The molecule has 6 nitrogen and oxygen atoms in total. The molecule has 0 bridgehead atoms. The third kappa shape index (κ3) is 4.22. The molecule has 3 aromatic rings. The molecule has 1 aromatic carbocycles. The van der Waals surface area contributed by atoms with Gasteiger partial charge in [-0.2, -0.15) is 0 Å². The number of benzene rings is 1. The van der Waals surface area contributed by atoms with E-state index in [4.69, 9.17) is 0 Å². The van der Waals surface area contributed by atoms with Gasteiger partial charge in [0.15, 0.2) is 5.82 Å². The van der Waals surface area contributed by atoms with Crippen LogP contribution >= 0.6 is 0 Å². The number of hydrogen-bond donors (Lipinski definition) is 2. The summed E-state index contributed by atoms with van der Waals surface area (Å²) < 4.78 is 0. The Morgan fingerprint density at radius 2 is 1.85 bits per heavy atom. The molecule has 6 heteroatoms. The quantitative estimate of drug-likeness (QED) is 0.735. The number of anilines is 2. The van der Waals surface area contributed by atoms with Crippen molar-refractivity contribution in [2.24, 2.45) is 0 Å². The monoisotopic (exact) mass is 347 g/mol. The summed E-state index contributed by atoms with van der Waals surface area (Å²) in [5.41, 5.74) is 4.71. The van der Waals surface area contributed by atoms with Crippen molar-refractivity contribution in [1.82, 2.24) is 15.0 Å². The molecule has 0 saturated carbocycles. The Hall–Kier alpha value is -3.28. The Morgan fingerprint density at radius 1 is 1.08 bits per heavy atom. The maximum atomic E-state index is 11.2. The minimum absolute atomic E-state index is 0.0839. The van der Waals surface area contributed by atoms with Crippen molar-refractivity contribution < 1.29 is 4.79 Å². The van der Waals surface area contributed by atoms with E-state index in [1.165, 1.54) is 6.92 Å². The Bertz CT molecular complexity index is 925. The fourth-order valence-corrected chi connectivity index (χ4v) is 2.58. The summed E-state index contributed by atoms with van der Waals surface area (Å²) in [5.74, 6) is 1.39. The molecular weight excluding hydrogens is 326 g/mol. The summed E-state index contributed by atoms with van der Waals surface area (Å²) in [6.07, 6.45) is 3.46. The van der Waals surface area contributed by atoms with Gasteiger partial charge < -0.3 is 10.6 Å². The molecule has 0 unspecified atom stereocenters. The summed E-state index contributed by atoms with van der Waals surface area (Å²) in [7, 11) is 0. The number of nitrogens with zero attached hydrogens (tertiary/aromatic N) is 3. The van der Waals surface area contributed by atoms with Crippen LogP contribution in [0.15, 0.2) is 48.8 Å². The highest BCUT2D eigenvalue weighted by atomic mass is 16.1. The van der Waals surface area contributed by atoms with E-state index in [1.807, 2.05) is 50.2 Å². The molecule has 0 aliphatic rings.